The Morgan fingerprint density at radius 3 is 2.59 bits per heavy atom. The molecule has 1 aromatic rings. The molecule has 0 aliphatic heterocycles. The highest BCUT2D eigenvalue weighted by Crippen LogP contribution is 2.15. The van der Waals surface area contributed by atoms with E-state index >= 15 is 0 Å². The Kier molecular flexibility index (Phi) is 5.18. The highest BCUT2D eigenvalue weighted by Gasteiger charge is 2.10. The van der Waals surface area contributed by atoms with E-state index in [0.717, 1.165) is 0 Å². The van der Waals surface area contributed by atoms with Crippen molar-refractivity contribution in [3.8, 4) is 5.75 Å². The van der Waals surface area contributed by atoms with Crippen molar-refractivity contribution in [3.63, 3.8) is 0 Å². The summed E-state index contributed by atoms with van der Waals surface area (Å²) in [7, 11) is 1.62. The van der Waals surface area contributed by atoms with Crippen LogP contribution in [0.1, 0.15) is 0 Å². The van der Waals surface area contributed by atoms with Crippen molar-refractivity contribution in [2.45, 2.75) is 0 Å². The number of hydrogen-bond acceptors (Lipinski definition) is 3. The maximum absolute atomic E-state index is 11.6. The van der Waals surface area contributed by atoms with Gasteiger partial charge in [0.15, 0.2) is 6.61 Å². The highest BCUT2D eigenvalue weighted by molar-refractivity contribution is 7.80. The first-order chi connectivity index (χ1) is 7.99. The number of amides is 1. The van der Waals surface area contributed by atoms with Crippen LogP contribution in [0.2, 0.25) is 5.02 Å². The lowest BCUT2D eigenvalue weighted by Gasteiger charge is -2.16. The smallest absolute Gasteiger partial charge is 0.260 e. The Bertz CT molecular complexity index is 408. The quantitative estimate of drug-likeness (QED) is 0.825. The lowest BCUT2D eigenvalue weighted by molar-refractivity contribution is -0.131. The summed E-state index contributed by atoms with van der Waals surface area (Å²) in [6.45, 7) is 0.193. The predicted molar refractivity (Wildman–Crippen MR) is 71.4 cm³/mol. The van der Waals surface area contributed by atoms with Crippen LogP contribution in [-0.2, 0) is 4.79 Å². The van der Waals surface area contributed by atoms with Crippen molar-refractivity contribution < 1.29 is 9.53 Å². The van der Waals surface area contributed by atoms with Gasteiger partial charge in [0.05, 0.1) is 11.5 Å². The minimum Gasteiger partial charge on any atom is -0.484 e. The van der Waals surface area contributed by atoms with Crippen LogP contribution in [0.4, 0.5) is 0 Å². The molecular formula is C11H13ClN2O2S. The fraction of sp³-hybridized carbons (Fsp3) is 0.273. The van der Waals surface area contributed by atoms with E-state index in [9.17, 15) is 4.79 Å². The van der Waals surface area contributed by atoms with Gasteiger partial charge in [-0.05, 0) is 24.3 Å². The number of benzene rings is 1. The van der Waals surface area contributed by atoms with Crippen molar-refractivity contribution in [1.82, 2.24) is 4.90 Å². The van der Waals surface area contributed by atoms with Gasteiger partial charge in [-0.2, -0.15) is 0 Å². The van der Waals surface area contributed by atoms with Crippen molar-refractivity contribution in [2.24, 2.45) is 5.73 Å². The minimum atomic E-state index is -0.187. The summed E-state index contributed by atoms with van der Waals surface area (Å²) in [5.41, 5.74) is 5.34. The first-order valence-corrected chi connectivity index (χ1v) is 5.68. The van der Waals surface area contributed by atoms with Gasteiger partial charge in [-0.1, -0.05) is 23.8 Å². The van der Waals surface area contributed by atoms with Crippen LogP contribution in [0.5, 0.6) is 5.75 Å². The zero-order valence-corrected chi connectivity index (χ0v) is 10.9. The zero-order valence-electron chi connectivity index (χ0n) is 9.35. The number of nitrogens with zero attached hydrogens (tertiary/aromatic N) is 1. The number of rotatable bonds is 5. The monoisotopic (exact) mass is 272 g/mol. The lowest BCUT2D eigenvalue weighted by Crippen LogP contribution is -2.37. The molecule has 1 aromatic carbocycles. The molecule has 0 spiro atoms. The predicted octanol–water partition coefficient (Wildman–Crippen LogP) is 1.46. The summed E-state index contributed by atoms with van der Waals surface area (Å²) in [6.07, 6.45) is 0. The Hall–Kier alpha value is -1.33. The molecule has 1 amide bonds. The van der Waals surface area contributed by atoms with Gasteiger partial charge >= 0.3 is 0 Å². The molecule has 0 unspecified atom stereocenters. The number of halogens is 1. The van der Waals surface area contributed by atoms with Gasteiger partial charge in [-0.3, -0.25) is 4.79 Å². The van der Waals surface area contributed by atoms with Gasteiger partial charge in [0.25, 0.3) is 5.91 Å². The Morgan fingerprint density at radius 2 is 2.06 bits per heavy atom. The fourth-order valence-corrected chi connectivity index (χ4v) is 1.43. The lowest BCUT2D eigenvalue weighted by atomic mass is 10.3. The molecule has 0 aromatic heterocycles. The number of carbonyl (C=O) groups is 1. The van der Waals surface area contributed by atoms with E-state index < -0.39 is 0 Å². The second-order valence-corrected chi connectivity index (χ2v) is 4.42. The molecular weight excluding hydrogens is 260 g/mol. The summed E-state index contributed by atoms with van der Waals surface area (Å²) in [5, 5.41) is 0.620. The molecule has 0 bridgehead atoms. The standard InChI is InChI=1S/C11H13ClN2O2S/c1-14(6-10(13)17)11(15)7-16-9-4-2-8(12)3-5-9/h2-5H,6-7H2,1H3,(H2,13,17). The molecule has 4 nitrogen and oxygen atoms in total. The number of likely N-dealkylation sites (N-methyl/N-ethyl adjacent to an activating group) is 1. The second-order valence-electron chi connectivity index (χ2n) is 3.46. The normalized spacial score (nSPS) is 9.76. The van der Waals surface area contributed by atoms with Crippen LogP contribution in [0.25, 0.3) is 0 Å². The van der Waals surface area contributed by atoms with Crippen LogP contribution in [-0.4, -0.2) is 36.0 Å². The van der Waals surface area contributed by atoms with E-state index in [2.05, 4.69) is 0 Å². The number of carbonyl (C=O) groups excluding carboxylic acids is 1. The molecule has 0 saturated heterocycles. The van der Waals surface area contributed by atoms with Crippen molar-refractivity contribution in [3.05, 3.63) is 29.3 Å². The first-order valence-electron chi connectivity index (χ1n) is 4.89. The van der Waals surface area contributed by atoms with E-state index in [-0.39, 0.29) is 24.0 Å². The maximum Gasteiger partial charge on any atom is 0.260 e. The van der Waals surface area contributed by atoms with Gasteiger partial charge in [-0.25, -0.2) is 0 Å². The molecule has 6 heteroatoms. The van der Waals surface area contributed by atoms with Gasteiger partial charge in [0.2, 0.25) is 0 Å². The van der Waals surface area contributed by atoms with E-state index in [1.165, 1.54) is 4.90 Å². The third-order valence-electron chi connectivity index (χ3n) is 1.99. The Balaban J connectivity index is 2.42. The van der Waals surface area contributed by atoms with Gasteiger partial charge in [0, 0.05) is 12.1 Å². The molecule has 17 heavy (non-hydrogen) atoms. The van der Waals surface area contributed by atoms with E-state index in [4.69, 9.17) is 34.3 Å². The minimum absolute atomic E-state index is 0.0548. The number of hydrogen-bond donors (Lipinski definition) is 1. The largest absolute Gasteiger partial charge is 0.484 e. The topological polar surface area (TPSA) is 55.6 Å². The fourth-order valence-electron chi connectivity index (χ4n) is 1.11. The number of ether oxygens (including phenoxy) is 1. The molecule has 0 aliphatic rings. The van der Waals surface area contributed by atoms with Crippen molar-refractivity contribution in [2.75, 3.05) is 20.2 Å². The van der Waals surface area contributed by atoms with Crippen LogP contribution in [0.15, 0.2) is 24.3 Å². The molecule has 0 heterocycles. The maximum atomic E-state index is 11.6. The molecule has 92 valence electrons. The van der Waals surface area contributed by atoms with E-state index in [0.29, 0.717) is 10.8 Å². The van der Waals surface area contributed by atoms with Crippen LogP contribution >= 0.6 is 23.8 Å². The zero-order chi connectivity index (χ0) is 12.8. The summed E-state index contributed by atoms with van der Waals surface area (Å²) >= 11 is 10.4. The average molecular weight is 273 g/mol. The molecule has 0 fully saturated rings. The molecule has 0 radical (unpaired) electrons. The van der Waals surface area contributed by atoms with Crippen molar-refractivity contribution >= 4 is 34.7 Å². The summed E-state index contributed by atoms with van der Waals surface area (Å²) in [6, 6.07) is 6.78. The van der Waals surface area contributed by atoms with Gasteiger partial charge in [-0.15, -0.1) is 0 Å². The van der Waals surface area contributed by atoms with Crippen LogP contribution < -0.4 is 10.5 Å². The highest BCUT2D eigenvalue weighted by atomic mass is 35.5. The van der Waals surface area contributed by atoms with Crippen molar-refractivity contribution in [1.29, 1.82) is 0 Å². The molecule has 0 aliphatic carbocycles. The van der Waals surface area contributed by atoms with Gasteiger partial charge < -0.3 is 15.4 Å². The molecule has 0 atom stereocenters. The molecule has 1 rings (SSSR count). The molecule has 0 saturated carbocycles. The SMILES string of the molecule is CN(CC(N)=S)C(=O)COc1ccc(Cl)cc1. The third-order valence-corrected chi connectivity index (χ3v) is 2.38. The van der Waals surface area contributed by atoms with Crippen LogP contribution in [0.3, 0.4) is 0 Å². The van der Waals surface area contributed by atoms with Crippen LogP contribution in [0, 0.1) is 0 Å². The summed E-state index contributed by atoms with van der Waals surface area (Å²) in [4.78, 5) is 13.3. The summed E-state index contributed by atoms with van der Waals surface area (Å²) in [5.74, 6) is 0.402. The van der Waals surface area contributed by atoms with Gasteiger partial charge in [0.1, 0.15) is 5.75 Å². The average Bonchev–Trinajstić information content (AvgIpc) is 2.27. The summed E-state index contributed by atoms with van der Waals surface area (Å²) < 4.78 is 5.29. The number of nitrogens with two attached hydrogens (primary N) is 1. The third kappa shape index (κ3) is 5.01. The Labute approximate surface area is 110 Å². The first kappa shape index (κ1) is 13.7. The molecule has 2 N–H and O–H groups in total. The van der Waals surface area contributed by atoms with E-state index in [1.807, 2.05) is 0 Å². The Morgan fingerprint density at radius 1 is 1.47 bits per heavy atom. The van der Waals surface area contributed by atoms with E-state index in [1.54, 1.807) is 31.3 Å². The second kappa shape index (κ2) is 6.42. The number of thiocarbonyl (C=S) groups is 1.